The van der Waals surface area contributed by atoms with Crippen molar-refractivity contribution in [3.05, 3.63) is 35.4 Å². The van der Waals surface area contributed by atoms with Gasteiger partial charge in [0.2, 0.25) is 0 Å². The molecule has 0 amide bonds. The van der Waals surface area contributed by atoms with Gasteiger partial charge in [-0.1, -0.05) is 18.2 Å². The number of hydrogen-bond acceptors (Lipinski definition) is 1. The lowest BCUT2D eigenvalue weighted by atomic mass is 10.1. The van der Waals surface area contributed by atoms with E-state index in [1.807, 2.05) is 24.3 Å². The monoisotopic (exact) mass is 178 g/mol. The van der Waals surface area contributed by atoms with E-state index in [1.54, 1.807) is 0 Å². The van der Waals surface area contributed by atoms with E-state index in [0.717, 1.165) is 11.3 Å². The molecule has 0 aliphatic heterocycles. The molecule has 0 heterocycles. The van der Waals surface area contributed by atoms with Crippen LogP contribution in [0, 0.1) is 11.3 Å². The first kappa shape index (κ1) is 9.15. The van der Waals surface area contributed by atoms with Crippen molar-refractivity contribution in [1.82, 2.24) is 0 Å². The maximum atomic E-state index is 8.78. The van der Waals surface area contributed by atoms with Gasteiger partial charge in [-0.3, -0.25) is 0 Å². The van der Waals surface area contributed by atoms with Gasteiger partial charge in [0.15, 0.2) is 0 Å². The first-order valence-corrected chi connectivity index (χ1v) is 5.97. The lowest BCUT2D eigenvalue weighted by Crippen LogP contribution is -2.01. The second-order valence-corrected chi connectivity index (χ2v) is 5.16. The first-order chi connectivity index (χ1) is 5.74. The van der Waals surface area contributed by atoms with Crippen LogP contribution in [0.5, 0.6) is 0 Å². The summed E-state index contributed by atoms with van der Waals surface area (Å²) in [7, 11) is 0.370. The maximum Gasteiger partial charge on any atom is 0.134 e. The molecule has 0 radical (unpaired) electrons. The Hall–Kier alpha value is -0.940. The topological polar surface area (TPSA) is 23.8 Å². The molecule has 0 fully saturated rings. The van der Waals surface area contributed by atoms with E-state index < -0.39 is 0 Å². The van der Waals surface area contributed by atoms with E-state index in [4.69, 9.17) is 5.26 Å². The largest absolute Gasteiger partial charge is 0.192 e. The molecule has 0 aromatic heterocycles. The quantitative estimate of drug-likeness (QED) is 0.635. The predicted molar refractivity (Wildman–Crippen MR) is 54.1 cm³/mol. The zero-order valence-corrected chi connectivity index (χ0v) is 8.19. The SMILES string of the molecule is C[S+](C)Cc1ccccc1C#N. The van der Waals surface area contributed by atoms with Crippen molar-refractivity contribution in [2.75, 3.05) is 12.5 Å². The van der Waals surface area contributed by atoms with Gasteiger partial charge in [0.05, 0.1) is 24.1 Å². The molecule has 0 aliphatic carbocycles. The molecule has 1 nitrogen and oxygen atoms in total. The lowest BCUT2D eigenvalue weighted by Gasteiger charge is -1.99. The lowest BCUT2D eigenvalue weighted by molar-refractivity contribution is 1.35. The third-order valence-corrected chi connectivity index (χ3v) is 2.47. The molecule has 0 atom stereocenters. The molecule has 1 aromatic carbocycles. The molecular weight excluding hydrogens is 166 g/mol. The number of nitrogens with zero attached hydrogens (tertiary/aromatic N) is 1. The van der Waals surface area contributed by atoms with Gasteiger partial charge in [-0.15, -0.1) is 0 Å². The van der Waals surface area contributed by atoms with Crippen molar-refractivity contribution < 1.29 is 0 Å². The van der Waals surface area contributed by atoms with Gasteiger partial charge in [0.1, 0.15) is 5.75 Å². The smallest absolute Gasteiger partial charge is 0.134 e. The molecule has 1 rings (SSSR count). The third-order valence-electron chi connectivity index (χ3n) is 1.58. The van der Waals surface area contributed by atoms with Crippen LogP contribution in [-0.2, 0) is 16.6 Å². The second-order valence-electron chi connectivity index (χ2n) is 2.90. The first-order valence-electron chi connectivity index (χ1n) is 3.76. The number of hydrogen-bond donors (Lipinski definition) is 0. The average Bonchev–Trinajstić information content (AvgIpc) is 2.04. The van der Waals surface area contributed by atoms with Crippen molar-refractivity contribution in [1.29, 1.82) is 5.26 Å². The Bertz CT molecular complexity index is 299. The summed E-state index contributed by atoms with van der Waals surface area (Å²) in [5, 5.41) is 8.78. The highest BCUT2D eigenvalue weighted by atomic mass is 32.2. The van der Waals surface area contributed by atoms with Crippen LogP contribution in [0.2, 0.25) is 0 Å². The van der Waals surface area contributed by atoms with Gasteiger partial charge in [0, 0.05) is 5.56 Å². The Morgan fingerprint density at radius 2 is 2.00 bits per heavy atom. The molecule has 2 heteroatoms. The van der Waals surface area contributed by atoms with E-state index >= 15 is 0 Å². The molecule has 0 saturated carbocycles. The normalized spacial score (nSPS) is 9.83. The summed E-state index contributed by atoms with van der Waals surface area (Å²) in [6.45, 7) is 0. The highest BCUT2D eigenvalue weighted by molar-refractivity contribution is 7.94. The molecule has 0 aliphatic rings. The van der Waals surface area contributed by atoms with Crippen molar-refractivity contribution in [3.8, 4) is 6.07 Å². The summed E-state index contributed by atoms with van der Waals surface area (Å²) in [4.78, 5) is 0. The Kier molecular flexibility index (Phi) is 3.19. The number of nitriles is 1. The molecule has 0 bridgehead atoms. The molecule has 0 saturated heterocycles. The van der Waals surface area contributed by atoms with E-state index in [9.17, 15) is 0 Å². The molecule has 0 unspecified atom stereocenters. The van der Waals surface area contributed by atoms with E-state index in [-0.39, 0.29) is 0 Å². The van der Waals surface area contributed by atoms with Crippen molar-refractivity contribution in [3.63, 3.8) is 0 Å². The van der Waals surface area contributed by atoms with Crippen LogP contribution in [0.1, 0.15) is 11.1 Å². The van der Waals surface area contributed by atoms with E-state index in [1.165, 1.54) is 5.56 Å². The minimum absolute atomic E-state index is 0.370. The number of rotatable bonds is 2. The zero-order chi connectivity index (χ0) is 8.97. The second kappa shape index (κ2) is 4.18. The molecule has 1 aromatic rings. The molecule has 0 spiro atoms. The summed E-state index contributed by atoms with van der Waals surface area (Å²) in [5.74, 6) is 1.02. The van der Waals surface area contributed by atoms with Gasteiger partial charge in [0.25, 0.3) is 0 Å². The van der Waals surface area contributed by atoms with Crippen LogP contribution in [0.4, 0.5) is 0 Å². The van der Waals surface area contributed by atoms with Gasteiger partial charge in [-0.05, 0) is 17.0 Å². The van der Waals surface area contributed by atoms with E-state index in [0.29, 0.717) is 10.9 Å². The Morgan fingerprint density at radius 3 is 2.58 bits per heavy atom. The average molecular weight is 178 g/mol. The van der Waals surface area contributed by atoms with Gasteiger partial charge >= 0.3 is 0 Å². The number of benzene rings is 1. The van der Waals surface area contributed by atoms with Gasteiger partial charge in [-0.2, -0.15) is 5.26 Å². The van der Waals surface area contributed by atoms with Crippen LogP contribution in [0.3, 0.4) is 0 Å². The molecule has 0 N–H and O–H groups in total. The minimum atomic E-state index is 0.370. The molecular formula is C10H12NS+. The summed E-state index contributed by atoms with van der Waals surface area (Å²) in [5.41, 5.74) is 1.99. The van der Waals surface area contributed by atoms with Gasteiger partial charge in [-0.25, -0.2) is 0 Å². The summed E-state index contributed by atoms with van der Waals surface area (Å²) >= 11 is 0. The van der Waals surface area contributed by atoms with Crippen LogP contribution >= 0.6 is 0 Å². The van der Waals surface area contributed by atoms with Crippen LogP contribution in [0.25, 0.3) is 0 Å². The molecule has 62 valence electrons. The van der Waals surface area contributed by atoms with Crippen molar-refractivity contribution in [2.24, 2.45) is 0 Å². The Labute approximate surface area is 76.4 Å². The standard InChI is InChI=1S/C10H12NS/c1-12(2)8-10-6-4-3-5-9(10)7-11/h3-6H,8H2,1-2H3/q+1. The Morgan fingerprint density at radius 1 is 1.33 bits per heavy atom. The fourth-order valence-corrected chi connectivity index (χ4v) is 1.94. The fraction of sp³-hybridized carbons (Fsp3) is 0.300. The van der Waals surface area contributed by atoms with Crippen LogP contribution < -0.4 is 0 Å². The predicted octanol–water partition coefficient (Wildman–Crippen LogP) is 1.94. The van der Waals surface area contributed by atoms with Crippen LogP contribution in [0.15, 0.2) is 24.3 Å². The summed E-state index contributed by atoms with van der Waals surface area (Å²) < 4.78 is 0. The zero-order valence-electron chi connectivity index (χ0n) is 7.37. The van der Waals surface area contributed by atoms with Crippen molar-refractivity contribution in [2.45, 2.75) is 5.75 Å². The summed E-state index contributed by atoms with van der Waals surface area (Å²) in [6, 6.07) is 10.0. The summed E-state index contributed by atoms with van der Waals surface area (Å²) in [6.07, 6.45) is 4.38. The highest BCUT2D eigenvalue weighted by Crippen LogP contribution is 2.10. The van der Waals surface area contributed by atoms with Gasteiger partial charge < -0.3 is 0 Å². The Balaban J connectivity index is 2.91. The molecule has 12 heavy (non-hydrogen) atoms. The highest BCUT2D eigenvalue weighted by Gasteiger charge is 2.08. The fourth-order valence-electron chi connectivity index (χ4n) is 1.07. The maximum absolute atomic E-state index is 8.78. The third kappa shape index (κ3) is 2.28. The van der Waals surface area contributed by atoms with Crippen molar-refractivity contribution >= 4 is 10.9 Å². The van der Waals surface area contributed by atoms with Crippen LogP contribution in [-0.4, -0.2) is 12.5 Å². The minimum Gasteiger partial charge on any atom is -0.192 e. The van der Waals surface area contributed by atoms with E-state index in [2.05, 4.69) is 18.6 Å².